The highest BCUT2D eigenvalue weighted by atomic mass is 32.2. The molecule has 0 rings (SSSR count). The molecule has 0 radical (unpaired) electrons. The van der Waals surface area contributed by atoms with Gasteiger partial charge in [-0.2, -0.15) is 8.42 Å². The summed E-state index contributed by atoms with van der Waals surface area (Å²) in [6, 6.07) is 0. The minimum Gasteiger partial charge on any atom is -0.382 e. The van der Waals surface area contributed by atoms with Gasteiger partial charge in [-0.25, -0.2) is 0 Å². The normalized spacial score (nSPS) is 12.4. The summed E-state index contributed by atoms with van der Waals surface area (Å²) in [5, 5.41) is 0. The van der Waals surface area contributed by atoms with Crippen LogP contribution < -0.4 is 0 Å². The summed E-state index contributed by atoms with van der Waals surface area (Å²) in [6.45, 7) is 5.27. The molecule has 0 fully saturated rings. The van der Waals surface area contributed by atoms with Crippen LogP contribution >= 0.6 is 0 Å². The van der Waals surface area contributed by atoms with Crippen LogP contribution in [0, 0.1) is 0 Å². The molecular formula is C25H52O14S. The average Bonchev–Trinajstić information content (AvgIpc) is 2.92. The molecule has 0 amide bonds. The first kappa shape index (κ1) is 39.5. The van der Waals surface area contributed by atoms with Gasteiger partial charge in [-0.15, -0.1) is 0 Å². The quantitative estimate of drug-likeness (QED) is 0.0830. The Hall–Kier alpha value is -0.530. The molecule has 0 saturated carbocycles. The first-order valence-corrected chi connectivity index (χ1v) is 15.0. The van der Waals surface area contributed by atoms with Crippen LogP contribution in [0.25, 0.3) is 0 Å². The third-order valence-electron chi connectivity index (χ3n) is 5.13. The molecule has 0 heterocycles. The zero-order valence-corrected chi connectivity index (χ0v) is 25.4. The van der Waals surface area contributed by atoms with Crippen molar-refractivity contribution in [1.82, 2.24) is 0 Å². The van der Waals surface area contributed by atoms with Crippen LogP contribution in [0.15, 0.2) is 0 Å². The van der Waals surface area contributed by atoms with Crippen molar-refractivity contribution in [3.63, 3.8) is 0 Å². The fourth-order valence-corrected chi connectivity index (χ4v) is 3.55. The largest absolute Gasteiger partial charge is 0.382 e. The molecule has 0 aliphatic heterocycles. The average molecular weight is 609 g/mol. The maximum Gasteiger partial charge on any atom is 0.264 e. The number of ether oxygens (including phenoxy) is 11. The Morgan fingerprint density at radius 2 is 0.825 bits per heavy atom. The first-order valence-electron chi connectivity index (χ1n) is 13.4. The summed E-state index contributed by atoms with van der Waals surface area (Å²) >= 11 is 0. The summed E-state index contributed by atoms with van der Waals surface area (Å²) in [4.78, 5) is 0. The Balaban J connectivity index is 5.04. The molecule has 14 nitrogen and oxygen atoms in total. The van der Waals surface area contributed by atoms with Crippen LogP contribution in [-0.4, -0.2) is 165 Å². The molecule has 0 unspecified atom stereocenters. The van der Waals surface area contributed by atoms with Crippen molar-refractivity contribution in [3.05, 3.63) is 0 Å². The van der Waals surface area contributed by atoms with Crippen molar-refractivity contribution in [3.8, 4) is 0 Å². The molecule has 1 N–H and O–H groups in total. The van der Waals surface area contributed by atoms with E-state index in [-0.39, 0.29) is 44.2 Å². The van der Waals surface area contributed by atoms with Crippen molar-refractivity contribution >= 4 is 10.1 Å². The second-order valence-electron chi connectivity index (χ2n) is 8.67. The Bertz CT molecular complexity index is 569. The summed E-state index contributed by atoms with van der Waals surface area (Å²) in [5.41, 5.74) is 0. The lowest BCUT2D eigenvalue weighted by molar-refractivity contribution is -0.133. The first-order chi connectivity index (χ1) is 19.4. The molecule has 0 aromatic rings. The number of hydrogen-bond acceptors (Lipinski definition) is 13. The second kappa shape index (κ2) is 28.6. The minimum absolute atomic E-state index is 0.173. The molecule has 15 heteroatoms. The van der Waals surface area contributed by atoms with Crippen LogP contribution in [-0.2, 0) is 62.2 Å². The number of rotatable bonds is 32. The van der Waals surface area contributed by atoms with Crippen LogP contribution in [0.4, 0.5) is 0 Å². The van der Waals surface area contributed by atoms with Crippen LogP contribution in [0.1, 0.15) is 12.8 Å². The van der Waals surface area contributed by atoms with E-state index in [0.29, 0.717) is 85.7 Å². The van der Waals surface area contributed by atoms with E-state index in [2.05, 4.69) is 0 Å². The Morgan fingerprint density at radius 3 is 1.15 bits per heavy atom. The van der Waals surface area contributed by atoms with Gasteiger partial charge in [0.25, 0.3) is 10.1 Å². The van der Waals surface area contributed by atoms with Gasteiger partial charge < -0.3 is 52.1 Å². The molecule has 0 aliphatic carbocycles. The van der Waals surface area contributed by atoms with Gasteiger partial charge in [0.1, 0.15) is 18.3 Å². The summed E-state index contributed by atoms with van der Waals surface area (Å²) in [5.74, 6) is -0.326. The van der Waals surface area contributed by atoms with E-state index in [0.717, 1.165) is 0 Å². The van der Waals surface area contributed by atoms with Crippen LogP contribution in [0.5, 0.6) is 0 Å². The topological polar surface area (TPSA) is 156 Å². The van der Waals surface area contributed by atoms with Crippen molar-refractivity contribution in [2.24, 2.45) is 0 Å². The maximum atomic E-state index is 11.0. The lowest BCUT2D eigenvalue weighted by atomic mass is 10.3. The Morgan fingerprint density at radius 1 is 0.475 bits per heavy atom. The highest BCUT2D eigenvalue weighted by Crippen LogP contribution is 2.06. The van der Waals surface area contributed by atoms with E-state index in [1.54, 1.807) is 28.4 Å². The third kappa shape index (κ3) is 27.6. The van der Waals surface area contributed by atoms with E-state index < -0.39 is 16.2 Å². The van der Waals surface area contributed by atoms with Gasteiger partial charge in [0.15, 0.2) is 0 Å². The van der Waals surface area contributed by atoms with E-state index in [1.807, 2.05) is 0 Å². The molecule has 242 valence electrons. The van der Waals surface area contributed by atoms with E-state index in [9.17, 15) is 8.42 Å². The Labute approximate surface area is 239 Å². The monoisotopic (exact) mass is 608 g/mol. The molecule has 40 heavy (non-hydrogen) atoms. The zero-order valence-electron chi connectivity index (χ0n) is 24.6. The number of hydrogen-bond donors (Lipinski definition) is 1. The molecule has 0 aliphatic rings. The number of unbranched alkanes of at least 4 members (excludes halogenated alkanes) is 1. The standard InChI is InChI=1S/C25H52O14S/c1-29-8-12-33-17-23(18-34-13-9-30-2)38-21-25(37-7-5-6-16-40(26,27)28)22-39-24(19-35-14-10-31-3)20-36-15-11-32-4/h23-25H,5-22H2,1-4H3,(H,26,27,28). The minimum atomic E-state index is -4.02. The molecular weight excluding hydrogens is 556 g/mol. The van der Waals surface area contributed by atoms with Gasteiger partial charge in [-0.05, 0) is 12.8 Å². The molecule has 0 spiro atoms. The fourth-order valence-electron chi connectivity index (χ4n) is 2.98. The fraction of sp³-hybridized carbons (Fsp3) is 1.00. The third-order valence-corrected chi connectivity index (χ3v) is 5.93. The van der Waals surface area contributed by atoms with E-state index in [1.165, 1.54) is 0 Å². The maximum absolute atomic E-state index is 11.0. The Kier molecular flexibility index (Phi) is 28.2. The molecule has 0 saturated heterocycles. The van der Waals surface area contributed by atoms with E-state index in [4.69, 9.17) is 56.7 Å². The SMILES string of the molecule is COCCOCC(COCCOC)OCC(COC(COCCOC)COCCOC)OCCCCS(=O)(=O)O. The van der Waals surface area contributed by atoms with Crippen LogP contribution in [0.3, 0.4) is 0 Å². The van der Waals surface area contributed by atoms with Gasteiger partial charge >= 0.3 is 0 Å². The van der Waals surface area contributed by atoms with E-state index >= 15 is 0 Å². The summed E-state index contributed by atoms with van der Waals surface area (Å²) in [7, 11) is 2.38. The van der Waals surface area contributed by atoms with Gasteiger partial charge in [0, 0.05) is 35.0 Å². The molecule has 0 aromatic heterocycles. The van der Waals surface area contributed by atoms with Gasteiger partial charge in [-0.1, -0.05) is 0 Å². The molecule has 0 bridgehead atoms. The molecule has 0 atom stereocenters. The zero-order chi connectivity index (χ0) is 29.7. The predicted molar refractivity (Wildman–Crippen MR) is 146 cm³/mol. The van der Waals surface area contributed by atoms with Gasteiger partial charge in [-0.3, -0.25) is 4.55 Å². The highest BCUT2D eigenvalue weighted by Gasteiger charge is 2.19. The van der Waals surface area contributed by atoms with Crippen molar-refractivity contribution in [2.45, 2.75) is 31.2 Å². The summed E-state index contributed by atoms with van der Waals surface area (Å²) in [6.07, 6.45) is -0.523. The number of methoxy groups -OCH3 is 4. The lowest BCUT2D eigenvalue weighted by Gasteiger charge is -2.25. The van der Waals surface area contributed by atoms with Crippen LogP contribution in [0.2, 0.25) is 0 Å². The van der Waals surface area contributed by atoms with Gasteiger partial charge in [0.2, 0.25) is 0 Å². The smallest absolute Gasteiger partial charge is 0.264 e. The summed E-state index contributed by atoms with van der Waals surface area (Å²) < 4.78 is 91.6. The molecule has 0 aromatic carbocycles. The van der Waals surface area contributed by atoms with Crippen molar-refractivity contribution < 1.29 is 65.1 Å². The highest BCUT2D eigenvalue weighted by molar-refractivity contribution is 7.85. The predicted octanol–water partition coefficient (Wildman–Crippen LogP) is 0.462. The van der Waals surface area contributed by atoms with Crippen molar-refractivity contribution in [1.29, 1.82) is 0 Å². The van der Waals surface area contributed by atoms with Gasteiger partial charge in [0.05, 0.1) is 98.2 Å². The lowest BCUT2D eigenvalue weighted by Crippen LogP contribution is -2.36. The second-order valence-corrected chi connectivity index (χ2v) is 10.2. The van der Waals surface area contributed by atoms with Crippen molar-refractivity contribution in [2.75, 3.05) is 133 Å².